The summed E-state index contributed by atoms with van der Waals surface area (Å²) in [6.07, 6.45) is 1.02. The molecule has 1 aliphatic rings. The normalized spacial score (nSPS) is 37.0. The van der Waals surface area contributed by atoms with Crippen LogP contribution in [-0.4, -0.2) is 12.6 Å². The van der Waals surface area contributed by atoms with Gasteiger partial charge in [0.1, 0.15) is 0 Å². The lowest BCUT2D eigenvalue weighted by atomic mass is 10.1. The fraction of sp³-hybridized carbons (Fsp3) is 0.833. The van der Waals surface area contributed by atoms with Crippen LogP contribution in [0.4, 0.5) is 0 Å². The molecule has 0 aromatic heterocycles. The lowest BCUT2D eigenvalue weighted by molar-refractivity contribution is 0.643. The van der Waals surface area contributed by atoms with Gasteiger partial charge in [-0.25, -0.2) is 0 Å². The first-order valence-corrected chi connectivity index (χ1v) is 2.96. The fourth-order valence-corrected chi connectivity index (χ4v) is 1.01. The van der Waals surface area contributed by atoms with Crippen molar-refractivity contribution in [3.8, 4) is 6.07 Å². The number of nitriles is 1. The van der Waals surface area contributed by atoms with Crippen LogP contribution in [0.1, 0.15) is 13.3 Å². The van der Waals surface area contributed by atoms with E-state index in [2.05, 4.69) is 18.3 Å². The third-order valence-electron chi connectivity index (χ3n) is 1.51. The summed E-state index contributed by atoms with van der Waals surface area (Å²) >= 11 is 0. The van der Waals surface area contributed by atoms with Crippen LogP contribution in [0.5, 0.6) is 0 Å². The average molecular weight is 110 g/mol. The van der Waals surface area contributed by atoms with Gasteiger partial charge in [-0.1, -0.05) is 6.92 Å². The van der Waals surface area contributed by atoms with Crippen molar-refractivity contribution in [2.24, 2.45) is 5.92 Å². The summed E-state index contributed by atoms with van der Waals surface area (Å²) in [6, 6.07) is 2.31. The Morgan fingerprint density at radius 1 is 1.75 bits per heavy atom. The maximum Gasteiger partial charge on any atom is 0.0956 e. The highest BCUT2D eigenvalue weighted by atomic mass is 14.9. The predicted molar refractivity (Wildman–Crippen MR) is 31.2 cm³/mol. The Labute approximate surface area is 49.5 Å². The molecule has 2 heteroatoms. The van der Waals surface area contributed by atoms with Gasteiger partial charge < -0.3 is 5.32 Å². The molecular weight excluding hydrogens is 100 g/mol. The van der Waals surface area contributed by atoms with E-state index < -0.39 is 0 Å². The molecule has 0 radical (unpaired) electrons. The fourth-order valence-electron chi connectivity index (χ4n) is 1.01. The van der Waals surface area contributed by atoms with E-state index in [1.165, 1.54) is 0 Å². The molecule has 0 aromatic carbocycles. The Bertz CT molecular complexity index is 114. The molecule has 0 amide bonds. The summed E-state index contributed by atoms with van der Waals surface area (Å²) < 4.78 is 0. The van der Waals surface area contributed by atoms with Crippen LogP contribution in [0.15, 0.2) is 0 Å². The minimum absolute atomic E-state index is 0.130. The van der Waals surface area contributed by atoms with Crippen molar-refractivity contribution in [2.45, 2.75) is 19.4 Å². The molecule has 44 valence electrons. The maximum atomic E-state index is 8.37. The van der Waals surface area contributed by atoms with E-state index in [1.54, 1.807) is 0 Å². The Balaban J connectivity index is 2.35. The second-order valence-electron chi connectivity index (χ2n) is 2.43. The molecule has 0 saturated carbocycles. The second-order valence-corrected chi connectivity index (χ2v) is 2.43. The van der Waals surface area contributed by atoms with Gasteiger partial charge in [-0.05, 0) is 18.9 Å². The van der Waals surface area contributed by atoms with Crippen molar-refractivity contribution < 1.29 is 0 Å². The van der Waals surface area contributed by atoms with Gasteiger partial charge in [-0.2, -0.15) is 5.26 Å². The van der Waals surface area contributed by atoms with E-state index in [0.717, 1.165) is 13.0 Å². The minimum Gasteiger partial charge on any atom is -0.302 e. The molecule has 1 N–H and O–H groups in total. The summed E-state index contributed by atoms with van der Waals surface area (Å²) in [5.74, 6) is 0.694. The number of nitrogens with zero attached hydrogens (tertiary/aromatic N) is 1. The topological polar surface area (TPSA) is 35.8 Å². The first-order chi connectivity index (χ1) is 3.83. The lowest BCUT2D eigenvalue weighted by Crippen LogP contribution is -2.18. The Kier molecular flexibility index (Phi) is 1.50. The number of nitrogens with one attached hydrogen (secondary N) is 1. The molecule has 2 nitrogen and oxygen atoms in total. The van der Waals surface area contributed by atoms with Crippen molar-refractivity contribution in [1.29, 1.82) is 5.26 Å². The zero-order valence-corrected chi connectivity index (χ0v) is 5.02. The third kappa shape index (κ3) is 0.988. The van der Waals surface area contributed by atoms with Crippen molar-refractivity contribution in [1.82, 2.24) is 5.32 Å². The molecule has 1 fully saturated rings. The Morgan fingerprint density at radius 2 is 2.50 bits per heavy atom. The maximum absolute atomic E-state index is 8.37. The van der Waals surface area contributed by atoms with Crippen LogP contribution >= 0.6 is 0 Å². The van der Waals surface area contributed by atoms with E-state index in [1.807, 2.05) is 0 Å². The summed E-state index contributed by atoms with van der Waals surface area (Å²) in [4.78, 5) is 0. The van der Waals surface area contributed by atoms with E-state index in [4.69, 9.17) is 5.26 Å². The molecule has 8 heavy (non-hydrogen) atoms. The van der Waals surface area contributed by atoms with Crippen LogP contribution in [0.2, 0.25) is 0 Å². The number of rotatable bonds is 0. The highest BCUT2D eigenvalue weighted by Crippen LogP contribution is 2.10. The van der Waals surface area contributed by atoms with Crippen LogP contribution in [0, 0.1) is 17.2 Å². The third-order valence-corrected chi connectivity index (χ3v) is 1.51. The molecule has 2 unspecified atom stereocenters. The summed E-state index contributed by atoms with van der Waals surface area (Å²) in [5.41, 5.74) is 0. The van der Waals surface area contributed by atoms with Crippen LogP contribution in [-0.2, 0) is 0 Å². The molecule has 1 saturated heterocycles. The largest absolute Gasteiger partial charge is 0.302 e. The first-order valence-electron chi connectivity index (χ1n) is 2.96. The van der Waals surface area contributed by atoms with Gasteiger partial charge in [-0.15, -0.1) is 0 Å². The molecule has 1 aliphatic heterocycles. The highest BCUT2D eigenvalue weighted by molar-refractivity contribution is 4.95. The predicted octanol–water partition coefficient (Wildman–Crippen LogP) is 0.508. The van der Waals surface area contributed by atoms with E-state index in [0.29, 0.717) is 5.92 Å². The van der Waals surface area contributed by atoms with Gasteiger partial charge in [0.15, 0.2) is 0 Å². The molecular formula is C6H10N2. The minimum atomic E-state index is 0.130. The summed E-state index contributed by atoms with van der Waals surface area (Å²) in [5, 5.41) is 11.5. The zero-order valence-electron chi connectivity index (χ0n) is 5.02. The van der Waals surface area contributed by atoms with Crippen molar-refractivity contribution >= 4 is 0 Å². The summed E-state index contributed by atoms with van der Waals surface area (Å²) in [6.45, 7) is 3.17. The highest BCUT2D eigenvalue weighted by Gasteiger charge is 2.18. The molecule has 0 bridgehead atoms. The van der Waals surface area contributed by atoms with Gasteiger partial charge in [0, 0.05) is 0 Å². The van der Waals surface area contributed by atoms with Crippen molar-refractivity contribution in [3.63, 3.8) is 0 Å². The second kappa shape index (κ2) is 2.15. The SMILES string of the molecule is CC1CNC(C#N)C1. The van der Waals surface area contributed by atoms with E-state index >= 15 is 0 Å². The number of hydrogen-bond acceptors (Lipinski definition) is 2. The number of hydrogen-bond donors (Lipinski definition) is 1. The van der Waals surface area contributed by atoms with Crippen molar-refractivity contribution in [3.05, 3.63) is 0 Å². The zero-order chi connectivity index (χ0) is 5.98. The van der Waals surface area contributed by atoms with E-state index in [-0.39, 0.29) is 6.04 Å². The molecule has 0 aromatic rings. The van der Waals surface area contributed by atoms with Crippen LogP contribution in [0.3, 0.4) is 0 Å². The quantitative estimate of drug-likeness (QED) is 0.493. The van der Waals surface area contributed by atoms with Gasteiger partial charge >= 0.3 is 0 Å². The average Bonchev–Trinajstić information content (AvgIpc) is 2.14. The first kappa shape index (κ1) is 5.58. The monoisotopic (exact) mass is 110 g/mol. The molecule has 1 heterocycles. The Hall–Kier alpha value is -0.550. The van der Waals surface area contributed by atoms with E-state index in [9.17, 15) is 0 Å². The smallest absolute Gasteiger partial charge is 0.0956 e. The molecule has 0 aliphatic carbocycles. The Morgan fingerprint density at radius 3 is 2.75 bits per heavy atom. The van der Waals surface area contributed by atoms with Gasteiger partial charge in [0.2, 0.25) is 0 Å². The summed E-state index contributed by atoms with van der Waals surface area (Å²) in [7, 11) is 0. The lowest BCUT2D eigenvalue weighted by Gasteiger charge is -1.93. The van der Waals surface area contributed by atoms with Gasteiger partial charge in [-0.3, -0.25) is 0 Å². The standard InChI is InChI=1S/C6H10N2/c1-5-2-6(3-7)8-4-5/h5-6,8H,2,4H2,1H3. The molecule has 0 spiro atoms. The van der Waals surface area contributed by atoms with Crippen LogP contribution in [0.25, 0.3) is 0 Å². The molecule has 2 atom stereocenters. The molecule has 1 rings (SSSR count). The van der Waals surface area contributed by atoms with Crippen molar-refractivity contribution in [2.75, 3.05) is 6.54 Å². The van der Waals surface area contributed by atoms with Gasteiger partial charge in [0.25, 0.3) is 0 Å². The van der Waals surface area contributed by atoms with Gasteiger partial charge in [0.05, 0.1) is 12.1 Å². The van der Waals surface area contributed by atoms with Crippen LogP contribution < -0.4 is 5.32 Å².